The van der Waals surface area contributed by atoms with Crippen LogP contribution in [0.4, 0.5) is 40.9 Å². The molecule has 1 aromatic carbocycles. The van der Waals surface area contributed by atoms with Crippen LogP contribution in [-0.2, 0) is 12.1 Å². The number of hydrogen-bond donors (Lipinski definition) is 1. The number of nitrogens with zero attached hydrogens (tertiary/aromatic N) is 3. The van der Waals surface area contributed by atoms with Gasteiger partial charge in [-0.1, -0.05) is 17.7 Å². The second-order valence-corrected chi connectivity index (χ2v) is 6.41. The van der Waals surface area contributed by atoms with E-state index >= 15 is 0 Å². The Bertz CT molecular complexity index is 1100. The maximum absolute atomic E-state index is 13.7. The molecule has 0 saturated heterocycles. The molecule has 156 valence electrons. The van der Waals surface area contributed by atoms with Crippen LogP contribution in [0.25, 0.3) is 16.7 Å². The average molecular weight is 424 g/mol. The third kappa shape index (κ3) is 3.36. The molecule has 0 saturated carbocycles. The van der Waals surface area contributed by atoms with E-state index in [-0.39, 0.29) is 11.8 Å². The van der Waals surface area contributed by atoms with Crippen molar-refractivity contribution < 1.29 is 35.1 Å². The number of rotatable bonds is 2. The normalized spacial score (nSPS) is 13.3. The van der Waals surface area contributed by atoms with E-state index in [4.69, 9.17) is 5.73 Å². The molecule has 0 aliphatic rings. The number of alkyl halides is 8. The van der Waals surface area contributed by atoms with Crippen molar-refractivity contribution in [3.05, 3.63) is 46.6 Å². The first-order valence-electron chi connectivity index (χ1n) is 7.93. The van der Waals surface area contributed by atoms with E-state index in [0.29, 0.717) is 5.56 Å². The molecule has 2 aromatic heterocycles. The molecule has 0 atom stereocenters. The van der Waals surface area contributed by atoms with E-state index < -0.39 is 46.4 Å². The maximum atomic E-state index is 13.7. The number of anilines is 1. The van der Waals surface area contributed by atoms with E-state index in [1.807, 2.05) is 0 Å². The summed E-state index contributed by atoms with van der Waals surface area (Å²) in [5.41, 5.74) is 2.49. The number of halogens is 8. The second-order valence-electron chi connectivity index (χ2n) is 6.41. The summed E-state index contributed by atoms with van der Waals surface area (Å²) in [7, 11) is 0. The SMILES string of the molecule is Cc1ccc(-n2nc3nc(C(F)(F)C(F)(F)F)cc(C(F)(F)F)c3c2N)c(C)c1. The van der Waals surface area contributed by atoms with E-state index in [1.54, 1.807) is 26.0 Å². The van der Waals surface area contributed by atoms with Crippen molar-refractivity contribution >= 4 is 16.9 Å². The molecule has 2 heterocycles. The third-order valence-electron chi connectivity index (χ3n) is 4.24. The van der Waals surface area contributed by atoms with Crippen LogP contribution < -0.4 is 5.73 Å². The Morgan fingerprint density at radius 2 is 1.55 bits per heavy atom. The van der Waals surface area contributed by atoms with Crippen LogP contribution in [0, 0.1) is 13.8 Å². The minimum Gasteiger partial charge on any atom is -0.383 e. The highest BCUT2D eigenvalue weighted by atomic mass is 19.4. The molecule has 2 N–H and O–H groups in total. The van der Waals surface area contributed by atoms with Crippen LogP contribution in [0.2, 0.25) is 0 Å². The molecule has 29 heavy (non-hydrogen) atoms. The smallest absolute Gasteiger partial charge is 0.383 e. The summed E-state index contributed by atoms with van der Waals surface area (Å²) in [5.74, 6) is -6.20. The predicted molar refractivity (Wildman–Crippen MR) is 87.7 cm³/mol. The molecule has 0 amide bonds. The molecular formula is C17H12F8N4. The van der Waals surface area contributed by atoms with Gasteiger partial charge in [0.25, 0.3) is 0 Å². The van der Waals surface area contributed by atoms with E-state index in [1.165, 1.54) is 6.07 Å². The van der Waals surface area contributed by atoms with Gasteiger partial charge in [0.15, 0.2) is 5.65 Å². The standard InChI is InChI=1S/C17H12F8N4/c1-7-3-4-10(8(2)5-7)29-13(26)12-9(16(20,21)22)6-11(27-14(12)28-29)15(18,19)17(23,24)25/h3-6H,26H2,1-2H3. The second kappa shape index (κ2) is 6.29. The van der Waals surface area contributed by atoms with Gasteiger partial charge in [-0.3, -0.25) is 0 Å². The van der Waals surface area contributed by atoms with E-state index in [0.717, 1.165) is 10.2 Å². The maximum Gasteiger partial charge on any atom is 0.459 e. The number of hydrogen-bond acceptors (Lipinski definition) is 3. The van der Waals surface area contributed by atoms with Crippen molar-refractivity contribution in [2.45, 2.75) is 32.1 Å². The van der Waals surface area contributed by atoms with Gasteiger partial charge in [-0.2, -0.15) is 35.1 Å². The van der Waals surface area contributed by atoms with Crippen LogP contribution in [0.3, 0.4) is 0 Å². The summed E-state index contributed by atoms with van der Waals surface area (Å²) >= 11 is 0. The van der Waals surface area contributed by atoms with Crippen molar-refractivity contribution in [2.24, 2.45) is 0 Å². The van der Waals surface area contributed by atoms with Gasteiger partial charge in [0.05, 0.1) is 16.6 Å². The molecule has 3 rings (SSSR count). The molecule has 0 unspecified atom stereocenters. The lowest BCUT2D eigenvalue weighted by atomic mass is 10.1. The van der Waals surface area contributed by atoms with Gasteiger partial charge in [0, 0.05) is 0 Å². The molecule has 0 aliphatic carbocycles. The number of nitrogens with two attached hydrogens (primary N) is 1. The van der Waals surface area contributed by atoms with E-state index in [9.17, 15) is 35.1 Å². The molecule has 4 nitrogen and oxygen atoms in total. The fourth-order valence-electron chi connectivity index (χ4n) is 2.87. The highest BCUT2D eigenvalue weighted by Crippen LogP contribution is 2.46. The summed E-state index contributed by atoms with van der Waals surface area (Å²) in [6.07, 6.45) is -11.4. The van der Waals surface area contributed by atoms with Gasteiger partial charge in [-0.25, -0.2) is 9.67 Å². The van der Waals surface area contributed by atoms with Crippen LogP contribution in [0.1, 0.15) is 22.4 Å². The first-order valence-corrected chi connectivity index (χ1v) is 7.93. The van der Waals surface area contributed by atoms with Crippen molar-refractivity contribution in [2.75, 3.05) is 5.73 Å². The minimum absolute atomic E-state index is 0.225. The largest absolute Gasteiger partial charge is 0.459 e. The summed E-state index contributed by atoms with van der Waals surface area (Å²) in [4.78, 5) is 3.06. The molecule has 3 aromatic rings. The van der Waals surface area contributed by atoms with Gasteiger partial charge >= 0.3 is 18.3 Å². The lowest BCUT2D eigenvalue weighted by molar-refractivity contribution is -0.291. The monoisotopic (exact) mass is 424 g/mol. The summed E-state index contributed by atoms with van der Waals surface area (Å²) in [6, 6.07) is 4.41. The van der Waals surface area contributed by atoms with Crippen molar-refractivity contribution in [1.82, 2.24) is 14.8 Å². The van der Waals surface area contributed by atoms with Gasteiger partial charge in [0.1, 0.15) is 11.5 Å². The molecule has 0 spiro atoms. The topological polar surface area (TPSA) is 56.7 Å². The van der Waals surface area contributed by atoms with Crippen LogP contribution in [0.5, 0.6) is 0 Å². The number of aromatic nitrogens is 3. The Labute approximate surface area is 157 Å². The zero-order valence-corrected chi connectivity index (χ0v) is 14.8. The number of fused-ring (bicyclic) bond motifs is 1. The Balaban J connectivity index is 2.38. The predicted octanol–water partition coefficient (Wildman–Crippen LogP) is 5.29. The van der Waals surface area contributed by atoms with Crippen LogP contribution in [0.15, 0.2) is 24.3 Å². The van der Waals surface area contributed by atoms with Crippen molar-refractivity contribution in [3.8, 4) is 5.69 Å². The minimum atomic E-state index is -6.14. The molecule has 0 fully saturated rings. The average Bonchev–Trinajstić information content (AvgIpc) is 2.89. The van der Waals surface area contributed by atoms with Gasteiger partial charge in [0.2, 0.25) is 0 Å². The molecule has 0 bridgehead atoms. The number of benzene rings is 1. The van der Waals surface area contributed by atoms with Gasteiger partial charge in [-0.15, -0.1) is 5.10 Å². The third-order valence-corrected chi connectivity index (χ3v) is 4.24. The quantitative estimate of drug-likeness (QED) is 0.569. The lowest BCUT2D eigenvalue weighted by Crippen LogP contribution is -2.35. The highest BCUT2D eigenvalue weighted by molar-refractivity contribution is 5.91. The Morgan fingerprint density at radius 1 is 0.931 bits per heavy atom. The van der Waals surface area contributed by atoms with Gasteiger partial charge < -0.3 is 5.73 Å². The Kier molecular flexibility index (Phi) is 4.51. The molecule has 0 radical (unpaired) electrons. The van der Waals surface area contributed by atoms with Crippen LogP contribution >= 0.6 is 0 Å². The zero-order valence-electron chi connectivity index (χ0n) is 14.8. The van der Waals surface area contributed by atoms with E-state index in [2.05, 4.69) is 10.1 Å². The Hall–Kier alpha value is -2.92. The summed E-state index contributed by atoms with van der Waals surface area (Å²) in [6.45, 7) is 3.37. The molecule has 0 aliphatic heterocycles. The summed E-state index contributed by atoms with van der Waals surface area (Å²) in [5, 5.41) is 2.82. The molecular weight excluding hydrogens is 412 g/mol. The zero-order chi connectivity index (χ0) is 21.9. The fraction of sp³-hybridized carbons (Fsp3) is 0.294. The van der Waals surface area contributed by atoms with Crippen LogP contribution in [-0.4, -0.2) is 20.9 Å². The van der Waals surface area contributed by atoms with Crippen molar-refractivity contribution in [3.63, 3.8) is 0 Å². The number of aryl methyl sites for hydroxylation is 2. The Morgan fingerprint density at radius 3 is 2.07 bits per heavy atom. The summed E-state index contributed by atoms with van der Waals surface area (Å²) < 4.78 is 107. The first kappa shape index (κ1) is 20.8. The molecule has 12 heteroatoms. The number of pyridine rings is 1. The number of nitrogen functional groups attached to an aromatic ring is 1. The fourth-order valence-corrected chi connectivity index (χ4v) is 2.87. The van der Waals surface area contributed by atoms with Gasteiger partial charge in [-0.05, 0) is 31.5 Å². The lowest BCUT2D eigenvalue weighted by Gasteiger charge is -2.20. The highest BCUT2D eigenvalue weighted by Gasteiger charge is 2.60. The first-order chi connectivity index (χ1) is 13.1. The van der Waals surface area contributed by atoms with Crippen molar-refractivity contribution in [1.29, 1.82) is 0 Å².